The number of hydrogen-bond acceptors (Lipinski definition) is 5. The minimum atomic E-state index is -3.83. The molecule has 26 heavy (non-hydrogen) atoms. The van der Waals surface area contributed by atoms with Crippen LogP contribution in [0.3, 0.4) is 0 Å². The molecule has 0 aliphatic carbocycles. The number of benzene rings is 2. The standard InChI is InChI=1S/C18H22N2O5S/c1-18(2,3)14-7-9-16(10-8-14)25-12-11-19-26(23,24)17-6-4-5-15(13-17)20(21)22/h4-10,13,19H,11-12H2,1-3H3. The molecule has 0 aromatic heterocycles. The van der Waals surface area contributed by atoms with Crippen LogP contribution in [0.1, 0.15) is 26.3 Å². The fourth-order valence-electron chi connectivity index (χ4n) is 2.24. The van der Waals surface area contributed by atoms with Crippen LogP contribution in [0, 0.1) is 10.1 Å². The first kappa shape index (κ1) is 19.9. The molecule has 0 saturated heterocycles. The van der Waals surface area contributed by atoms with E-state index in [-0.39, 0.29) is 29.1 Å². The summed E-state index contributed by atoms with van der Waals surface area (Å²) in [6.45, 7) is 6.54. The molecule has 1 N–H and O–H groups in total. The lowest BCUT2D eigenvalue weighted by Crippen LogP contribution is -2.28. The second-order valence-electron chi connectivity index (χ2n) is 6.78. The van der Waals surface area contributed by atoms with Crippen LogP contribution >= 0.6 is 0 Å². The van der Waals surface area contributed by atoms with Crippen molar-refractivity contribution < 1.29 is 18.1 Å². The number of non-ortho nitro benzene ring substituents is 1. The van der Waals surface area contributed by atoms with E-state index < -0.39 is 14.9 Å². The van der Waals surface area contributed by atoms with Gasteiger partial charge in [-0.3, -0.25) is 10.1 Å². The molecule has 0 bridgehead atoms. The maximum atomic E-state index is 12.2. The predicted octanol–water partition coefficient (Wildman–Crippen LogP) is 3.25. The summed E-state index contributed by atoms with van der Waals surface area (Å²) in [6, 6.07) is 12.5. The zero-order valence-corrected chi connectivity index (χ0v) is 15.7. The zero-order valence-electron chi connectivity index (χ0n) is 14.9. The van der Waals surface area contributed by atoms with Gasteiger partial charge in [0, 0.05) is 18.7 Å². The lowest BCUT2D eigenvalue weighted by Gasteiger charge is -2.19. The Morgan fingerprint density at radius 2 is 1.77 bits per heavy atom. The van der Waals surface area contributed by atoms with Gasteiger partial charge in [0.05, 0.1) is 9.82 Å². The highest BCUT2D eigenvalue weighted by Crippen LogP contribution is 2.24. The van der Waals surface area contributed by atoms with Gasteiger partial charge >= 0.3 is 0 Å². The Morgan fingerprint density at radius 3 is 2.35 bits per heavy atom. The van der Waals surface area contributed by atoms with E-state index in [1.54, 1.807) is 0 Å². The summed E-state index contributed by atoms with van der Waals surface area (Å²) in [5.74, 6) is 0.646. The third kappa shape index (κ3) is 5.27. The van der Waals surface area contributed by atoms with Gasteiger partial charge in [-0.2, -0.15) is 0 Å². The van der Waals surface area contributed by atoms with Gasteiger partial charge in [0.15, 0.2) is 0 Å². The molecular formula is C18H22N2O5S. The quantitative estimate of drug-likeness (QED) is 0.453. The summed E-state index contributed by atoms with van der Waals surface area (Å²) >= 11 is 0. The van der Waals surface area contributed by atoms with E-state index in [1.165, 1.54) is 23.8 Å². The Morgan fingerprint density at radius 1 is 1.12 bits per heavy atom. The maximum Gasteiger partial charge on any atom is 0.270 e. The van der Waals surface area contributed by atoms with Crippen LogP contribution < -0.4 is 9.46 Å². The third-order valence-corrected chi connectivity index (χ3v) is 5.18. The average Bonchev–Trinajstić information content (AvgIpc) is 2.58. The fraction of sp³-hybridized carbons (Fsp3) is 0.333. The van der Waals surface area contributed by atoms with Crippen molar-refractivity contribution in [2.45, 2.75) is 31.1 Å². The van der Waals surface area contributed by atoms with Crippen LogP contribution in [0.15, 0.2) is 53.4 Å². The summed E-state index contributed by atoms with van der Waals surface area (Å²) in [4.78, 5) is 9.97. The van der Waals surface area contributed by atoms with E-state index in [9.17, 15) is 18.5 Å². The summed E-state index contributed by atoms with van der Waals surface area (Å²) in [5.41, 5.74) is 0.950. The van der Waals surface area contributed by atoms with Crippen LogP contribution in [0.2, 0.25) is 0 Å². The number of nitrogens with zero attached hydrogens (tertiary/aromatic N) is 1. The molecule has 0 fully saturated rings. The van der Waals surface area contributed by atoms with Crippen molar-refractivity contribution in [2.24, 2.45) is 0 Å². The second-order valence-corrected chi connectivity index (χ2v) is 8.54. The summed E-state index contributed by atoms with van der Waals surface area (Å²) < 4.78 is 32.3. The number of rotatable bonds is 7. The molecule has 0 radical (unpaired) electrons. The second kappa shape index (κ2) is 7.84. The van der Waals surface area contributed by atoms with Gasteiger partial charge in [-0.05, 0) is 29.2 Å². The van der Waals surface area contributed by atoms with E-state index in [4.69, 9.17) is 4.74 Å². The predicted molar refractivity (Wildman–Crippen MR) is 98.9 cm³/mol. The van der Waals surface area contributed by atoms with E-state index in [0.29, 0.717) is 5.75 Å². The van der Waals surface area contributed by atoms with Gasteiger partial charge in [0.1, 0.15) is 12.4 Å². The van der Waals surface area contributed by atoms with Crippen molar-refractivity contribution in [2.75, 3.05) is 13.2 Å². The first-order valence-electron chi connectivity index (χ1n) is 8.07. The number of hydrogen-bond donors (Lipinski definition) is 1. The number of nitro benzene ring substituents is 1. The number of nitro groups is 1. The van der Waals surface area contributed by atoms with Crippen molar-refractivity contribution >= 4 is 15.7 Å². The zero-order chi connectivity index (χ0) is 19.4. The number of sulfonamides is 1. The van der Waals surface area contributed by atoms with Crippen molar-refractivity contribution in [1.82, 2.24) is 4.72 Å². The Balaban J connectivity index is 1.91. The van der Waals surface area contributed by atoms with Gasteiger partial charge in [0.25, 0.3) is 5.69 Å². The molecule has 0 aliphatic heterocycles. The Bertz CT molecular complexity index is 871. The molecular weight excluding hydrogens is 356 g/mol. The van der Waals surface area contributed by atoms with Crippen molar-refractivity contribution in [3.05, 3.63) is 64.2 Å². The number of nitrogens with one attached hydrogen (secondary N) is 1. The fourth-order valence-corrected chi connectivity index (χ4v) is 3.30. The first-order valence-corrected chi connectivity index (χ1v) is 9.55. The van der Waals surface area contributed by atoms with Gasteiger partial charge < -0.3 is 4.74 Å². The van der Waals surface area contributed by atoms with Crippen molar-refractivity contribution in [3.63, 3.8) is 0 Å². The molecule has 2 rings (SSSR count). The van der Waals surface area contributed by atoms with Gasteiger partial charge in [0.2, 0.25) is 10.0 Å². The minimum absolute atomic E-state index is 0.0477. The molecule has 0 aliphatic rings. The molecule has 0 heterocycles. The molecule has 140 valence electrons. The molecule has 8 heteroatoms. The van der Waals surface area contributed by atoms with Crippen LogP contribution in [-0.4, -0.2) is 26.5 Å². The Kier molecular flexibility index (Phi) is 5.99. The average molecular weight is 378 g/mol. The van der Waals surface area contributed by atoms with Crippen LogP contribution in [0.25, 0.3) is 0 Å². The highest BCUT2D eigenvalue weighted by Gasteiger charge is 2.17. The SMILES string of the molecule is CC(C)(C)c1ccc(OCCNS(=O)(=O)c2cccc([N+](=O)[O-])c2)cc1. The maximum absolute atomic E-state index is 12.2. The van der Waals surface area contributed by atoms with E-state index in [2.05, 4.69) is 25.5 Å². The lowest BCUT2D eigenvalue weighted by atomic mass is 9.87. The summed E-state index contributed by atoms with van der Waals surface area (Å²) in [7, 11) is -3.83. The smallest absolute Gasteiger partial charge is 0.270 e. The van der Waals surface area contributed by atoms with E-state index in [0.717, 1.165) is 6.07 Å². The van der Waals surface area contributed by atoms with Crippen LogP contribution in [0.5, 0.6) is 5.75 Å². The van der Waals surface area contributed by atoms with Crippen LogP contribution in [-0.2, 0) is 15.4 Å². The van der Waals surface area contributed by atoms with Gasteiger partial charge in [-0.1, -0.05) is 39.0 Å². The molecule has 0 atom stereocenters. The summed E-state index contributed by atoms with van der Waals surface area (Å²) in [6.07, 6.45) is 0. The molecule has 0 spiro atoms. The normalized spacial score (nSPS) is 12.0. The molecule has 0 unspecified atom stereocenters. The number of ether oxygens (including phenoxy) is 1. The lowest BCUT2D eigenvalue weighted by molar-refractivity contribution is -0.385. The van der Waals surface area contributed by atoms with Crippen molar-refractivity contribution in [3.8, 4) is 5.75 Å². The van der Waals surface area contributed by atoms with E-state index >= 15 is 0 Å². The molecule has 2 aromatic carbocycles. The first-order chi connectivity index (χ1) is 12.1. The topological polar surface area (TPSA) is 98.5 Å². The largest absolute Gasteiger partial charge is 0.492 e. The van der Waals surface area contributed by atoms with E-state index in [1.807, 2.05) is 24.3 Å². The third-order valence-electron chi connectivity index (χ3n) is 3.72. The highest BCUT2D eigenvalue weighted by atomic mass is 32.2. The Labute approximate surface area is 153 Å². The van der Waals surface area contributed by atoms with Gasteiger partial charge in [-0.15, -0.1) is 0 Å². The highest BCUT2D eigenvalue weighted by molar-refractivity contribution is 7.89. The van der Waals surface area contributed by atoms with Gasteiger partial charge in [-0.25, -0.2) is 13.1 Å². The Hall–Kier alpha value is -2.45. The van der Waals surface area contributed by atoms with Crippen LogP contribution in [0.4, 0.5) is 5.69 Å². The molecule has 0 amide bonds. The molecule has 7 nitrogen and oxygen atoms in total. The monoisotopic (exact) mass is 378 g/mol. The summed E-state index contributed by atoms with van der Waals surface area (Å²) in [5, 5.41) is 10.8. The van der Waals surface area contributed by atoms with Crippen molar-refractivity contribution in [1.29, 1.82) is 0 Å². The molecule has 2 aromatic rings. The molecule has 0 saturated carbocycles. The minimum Gasteiger partial charge on any atom is -0.492 e.